The molecule has 7 nitrogen and oxygen atoms in total. The minimum atomic E-state index is -0.302. The first kappa shape index (κ1) is 14.5. The van der Waals surface area contributed by atoms with E-state index in [9.17, 15) is 4.79 Å². The Morgan fingerprint density at radius 1 is 1.55 bits per heavy atom. The normalized spacial score (nSPS) is 18.4. The van der Waals surface area contributed by atoms with Crippen molar-refractivity contribution in [2.45, 2.75) is 18.9 Å². The van der Waals surface area contributed by atoms with Gasteiger partial charge in [-0.3, -0.25) is 4.79 Å². The summed E-state index contributed by atoms with van der Waals surface area (Å²) in [6, 6.07) is 2.05. The predicted molar refractivity (Wildman–Crippen MR) is 83.3 cm³/mol. The lowest BCUT2D eigenvalue weighted by Gasteiger charge is -2.33. The number of aliphatic hydroxyl groups excluding tert-OH is 1. The fraction of sp³-hybridized carbons (Fsp3) is 0.400. The summed E-state index contributed by atoms with van der Waals surface area (Å²) in [4.78, 5) is 25.3. The molecule has 22 heavy (non-hydrogen) atoms. The maximum atomic E-state index is 12.1. The Balaban J connectivity index is 1.71. The highest BCUT2D eigenvalue weighted by molar-refractivity contribution is 5.93. The lowest BCUT2D eigenvalue weighted by Crippen LogP contribution is -2.46. The lowest BCUT2D eigenvalue weighted by molar-refractivity contribution is -0.128. The molecule has 1 unspecified atom stereocenters. The van der Waals surface area contributed by atoms with Crippen LogP contribution in [-0.2, 0) is 4.79 Å². The minimum absolute atomic E-state index is 0.122. The Morgan fingerprint density at radius 3 is 3.23 bits per heavy atom. The average molecular weight is 301 g/mol. The van der Waals surface area contributed by atoms with E-state index in [4.69, 9.17) is 5.11 Å². The molecule has 2 aromatic heterocycles. The number of anilines is 1. The van der Waals surface area contributed by atoms with Crippen LogP contribution in [0.25, 0.3) is 11.0 Å². The van der Waals surface area contributed by atoms with E-state index in [2.05, 4.69) is 26.8 Å². The molecule has 3 rings (SSSR count). The third-order valence-electron chi connectivity index (χ3n) is 3.90. The quantitative estimate of drug-likeness (QED) is 0.730. The third-order valence-corrected chi connectivity index (χ3v) is 3.90. The molecule has 0 radical (unpaired) electrons. The van der Waals surface area contributed by atoms with E-state index >= 15 is 0 Å². The van der Waals surface area contributed by atoms with Gasteiger partial charge in [-0.15, -0.1) is 0 Å². The first-order valence-corrected chi connectivity index (χ1v) is 7.31. The average Bonchev–Trinajstić information content (AvgIpc) is 3.03. The molecule has 0 aliphatic carbocycles. The van der Waals surface area contributed by atoms with Crippen LogP contribution >= 0.6 is 0 Å². The Bertz CT molecular complexity index is 696. The molecule has 1 amide bonds. The van der Waals surface area contributed by atoms with Gasteiger partial charge in [0.1, 0.15) is 17.8 Å². The molecule has 0 bridgehead atoms. The van der Waals surface area contributed by atoms with Crippen LogP contribution in [0, 0.1) is 0 Å². The van der Waals surface area contributed by atoms with Gasteiger partial charge in [0.25, 0.3) is 5.91 Å². The number of aromatic amines is 1. The zero-order valence-corrected chi connectivity index (χ0v) is 12.2. The summed E-state index contributed by atoms with van der Waals surface area (Å²) < 4.78 is 0. The number of likely N-dealkylation sites (tertiary alicyclic amines) is 1. The molecule has 116 valence electrons. The van der Waals surface area contributed by atoms with Gasteiger partial charge < -0.3 is 20.3 Å². The van der Waals surface area contributed by atoms with Crippen molar-refractivity contribution in [1.29, 1.82) is 0 Å². The molecular formula is C15H19N5O2. The Labute approximate surface area is 128 Å². The summed E-state index contributed by atoms with van der Waals surface area (Å²) in [5, 5.41) is 13.4. The van der Waals surface area contributed by atoms with Crippen LogP contribution in [0.2, 0.25) is 0 Å². The highest BCUT2D eigenvalue weighted by Crippen LogP contribution is 2.21. The number of hydrogen-bond acceptors (Lipinski definition) is 5. The van der Waals surface area contributed by atoms with Crippen molar-refractivity contribution in [1.82, 2.24) is 19.9 Å². The van der Waals surface area contributed by atoms with Crippen molar-refractivity contribution in [3.63, 3.8) is 0 Å². The second-order valence-corrected chi connectivity index (χ2v) is 5.46. The molecule has 1 atom stereocenters. The topological polar surface area (TPSA) is 94.1 Å². The van der Waals surface area contributed by atoms with Gasteiger partial charge in [-0.25, -0.2) is 9.97 Å². The number of nitrogens with zero attached hydrogens (tertiary/aromatic N) is 3. The van der Waals surface area contributed by atoms with Crippen LogP contribution in [0.4, 0.5) is 5.82 Å². The number of carbonyl (C=O) groups excluding carboxylic acids is 1. The molecule has 0 aromatic carbocycles. The standard InChI is InChI=1S/C15H19N5O2/c1-10(8-21)15(22)20-6-2-3-11(7-20)19-14-12-4-5-16-13(12)17-9-18-14/h4-5,9,11,21H,1-3,6-8H2,(H2,16,17,18,19). The van der Waals surface area contributed by atoms with Crippen LogP contribution in [-0.4, -0.2) is 56.6 Å². The Morgan fingerprint density at radius 2 is 2.41 bits per heavy atom. The van der Waals surface area contributed by atoms with Crippen molar-refractivity contribution in [3.05, 3.63) is 30.7 Å². The van der Waals surface area contributed by atoms with E-state index in [1.807, 2.05) is 12.3 Å². The van der Waals surface area contributed by atoms with E-state index in [0.717, 1.165) is 29.7 Å². The second-order valence-electron chi connectivity index (χ2n) is 5.46. The van der Waals surface area contributed by atoms with Gasteiger partial charge in [0.05, 0.1) is 12.0 Å². The zero-order valence-electron chi connectivity index (χ0n) is 12.2. The fourth-order valence-electron chi connectivity index (χ4n) is 2.75. The van der Waals surface area contributed by atoms with Gasteiger partial charge in [0, 0.05) is 30.9 Å². The maximum absolute atomic E-state index is 12.1. The number of fused-ring (bicyclic) bond motifs is 1. The first-order chi connectivity index (χ1) is 10.7. The van der Waals surface area contributed by atoms with Crippen LogP contribution in [0.3, 0.4) is 0 Å². The molecule has 2 aromatic rings. The van der Waals surface area contributed by atoms with E-state index in [0.29, 0.717) is 13.1 Å². The number of aromatic nitrogens is 3. The number of piperidine rings is 1. The largest absolute Gasteiger partial charge is 0.391 e. The van der Waals surface area contributed by atoms with Crippen LogP contribution in [0.5, 0.6) is 0 Å². The number of aliphatic hydroxyl groups is 1. The van der Waals surface area contributed by atoms with Gasteiger partial charge in [-0.2, -0.15) is 0 Å². The van der Waals surface area contributed by atoms with Crippen molar-refractivity contribution < 1.29 is 9.90 Å². The van der Waals surface area contributed by atoms with Gasteiger partial charge in [0.2, 0.25) is 0 Å². The molecule has 0 spiro atoms. The third kappa shape index (κ3) is 2.80. The summed E-state index contributed by atoms with van der Waals surface area (Å²) in [5.74, 6) is 0.593. The Kier molecular flexibility index (Phi) is 4.06. The number of rotatable bonds is 4. The summed E-state index contributed by atoms with van der Waals surface area (Å²) in [6.07, 6.45) is 5.21. The van der Waals surface area contributed by atoms with E-state index in [1.165, 1.54) is 6.33 Å². The summed E-state index contributed by atoms with van der Waals surface area (Å²) >= 11 is 0. The highest BCUT2D eigenvalue weighted by atomic mass is 16.3. The molecule has 0 saturated carbocycles. The number of carbonyl (C=O) groups is 1. The van der Waals surface area contributed by atoms with Crippen LogP contribution in [0.1, 0.15) is 12.8 Å². The number of nitrogens with one attached hydrogen (secondary N) is 2. The van der Waals surface area contributed by atoms with E-state index in [-0.39, 0.29) is 24.1 Å². The van der Waals surface area contributed by atoms with Crippen molar-refractivity contribution in [3.8, 4) is 0 Å². The predicted octanol–water partition coefficient (Wildman–Crippen LogP) is 0.909. The SMILES string of the molecule is C=C(CO)C(=O)N1CCCC(Nc2ncnc3[nH]ccc23)C1. The number of hydrogen-bond donors (Lipinski definition) is 3. The minimum Gasteiger partial charge on any atom is -0.391 e. The van der Waals surface area contributed by atoms with Crippen molar-refractivity contribution in [2.75, 3.05) is 25.0 Å². The fourth-order valence-corrected chi connectivity index (χ4v) is 2.75. The molecule has 1 saturated heterocycles. The zero-order chi connectivity index (χ0) is 15.5. The summed E-state index contributed by atoms with van der Waals surface area (Å²) in [5.41, 5.74) is 1.02. The Hall–Kier alpha value is -2.41. The van der Waals surface area contributed by atoms with Crippen molar-refractivity contribution in [2.24, 2.45) is 0 Å². The lowest BCUT2D eigenvalue weighted by atomic mass is 10.0. The van der Waals surface area contributed by atoms with Gasteiger partial charge in [-0.1, -0.05) is 6.58 Å². The summed E-state index contributed by atoms with van der Waals surface area (Å²) in [6.45, 7) is 4.57. The second kappa shape index (κ2) is 6.15. The van der Waals surface area contributed by atoms with E-state index in [1.54, 1.807) is 4.90 Å². The molecule has 3 N–H and O–H groups in total. The first-order valence-electron chi connectivity index (χ1n) is 7.31. The van der Waals surface area contributed by atoms with Gasteiger partial charge in [0.15, 0.2) is 0 Å². The molecule has 7 heteroatoms. The van der Waals surface area contributed by atoms with E-state index < -0.39 is 0 Å². The monoisotopic (exact) mass is 301 g/mol. The smallest absolute Gasteiger partial charge is 0.251 e. The molecule has 1 aliphatic rings. The van der Waals surface area contributed by atoms with Crippen molar-refractivity contribution >= 4 is 22.8 Å². The van der Waals surface area contributed by atoms with Gasteiger partial charge >= 0.3 is 0 Å². The highest BCUT2D eigenvalue weighted by Gasteiger charge is 2.25. The maximum Gasteiger partial charge on any atom is 0.251 e. The molecular weight excluding hydrogens is 282 g/mol. The number of amides is 1. The molecule has 1 fully saturated rings. The molecule has 3 heterocycles. The molecule has 1 aliphatic heterocycles. The van der Waals surface area contributed by atoms with Crippen LogP contribution < -0.4 is 5.32 Å². The van der Waals surface area contributed by atoms with Gasteiger partial charge in [-0.05, 0) is 18.9 Å². The van der Waals surface area contributed by atoms with Crippen LogP contribution in [0.15, 0.2) is 30.7 Å². The summed E-state index contributed by atoms with van der Waals surface area (Å²) in [7, 11) is 0. The number of H-pyrrole nitrogens is 1.